The molecule has 2 atom stereocenters. The Balaban J connectivity index is 3.24. The quantitative estimate of drug-likeness (QED) is 0.652. The van der Waals surface area contributed by atoms with Crippen LogP contribution in [0.2, 0.25) is 0 Å². The molecule has 11 heavy (non-hydrogen) atoms. The van der Waals surface area contributed by atoms with Crippen LogP contribution in [0.15, 0.2) is 0 Å². The topological polar surface area (TPSA) is 20.2 Å². The summed E-state index contributed by atoms with van der Waals surface area (Å²) in [5.41, 5.74) is 0. The zero-order chi connectivity index (χ0) is 8.85. The lowest BCUT2D eigenvalue weighted by Gasteiger charge is -2.15. The van der Waals surface area contributed by atoms with Crippen molar-refractivity contribution < 1.29 is 5.11 Å². The Morgan fingerprint density at radius 2 is 1.55 bits per heavy atom. The molecule has 0 aliphatic carbocycles. The van der Waals surface area contributed by atoms with Gasteiger partial charge >= 0.3 is 0 Å². The summed E-state index contributed by atoms with van der Waals surface area (Å²) in [5, 5.41) is 9.00. The Morgan fingerprint density at radius 3 is 1.91 bits per heavy atom. The Hall–Kier alpha value is -0.0400. The zero-order valence-corrected chi connectivity index (χ0v) is 8.30. The summed E-state index contributed by atoms with van der Waals surface area (Å²) in [6.45, 7) is 8.66. The van der Waals surface area contributed by atoms with Crippen LogP contribution in [0, 0.1) is 11.8 Å². The predicted molar refractivity (Wildman–Crippen MR) is 49.5 cm³/mol. The maximum absolute atomic E-state index is 9.00. The van der Waals surface area contributed by atoms with E-state index in [1.807, 2.05) is 6.92 Å². The van der Waals surface area contributed by atoms with E-state index in [0.717, 1.165) is 24.7 Å². The van der Waals surface area contributed by atoms with Crippen LogP contribution >= 0.6 is 0 Å². The molecule has 0 aliphatic rings. The minimum absolute atomic E-state index is 0.116. The SMILES string of the molecule is CC(O)CCCC(C)C(C)C. The Bertz CT molecular complexity index is 86.9. The standard InChI is InChI=1S/C10H22O/c1-8(2)9(3)6-5-7-10(4)11/h8-11H,5-7H2,1-4H3. The second-order valence-corrected chi connectivity index (χ2v) is 4.00. The van der Waals surface area contributed by atoms with Crippen LogP contribution in [0.5, 0.6) is 0 Å². The van der Waals surface area contributed by atoms with Gasteiger partial charge in [-0.15, -0.1) is 0 Å². The molecule has 1 heteroatoms. The van der Waals surface area contributed by atoms with Gasteiger partial charge in [-0.2, -0.15) is 0 Å². The molecule has 0 amide bonds. The molecule has 1 N–H and O–H groups in total. The third-order valence-corrected chi connectivity index (χ3v) is 2.42. The third-order valence-electron chi connectivity index (χ3n) is 2.42. The first kappa shape index (κ1) is 11.0. The number of hydrogen-bond donors (Lipinski definition) is 1. The molecule has 0 aromatic carbocycles. The first-order valence-electron chi connectivity index (χ1n) is 4.72. The predicted octanol–water partition coefficient (Wildman–Crippen LogP) is 2.83. The lowest BCUT2D eigenvalue weighted by atomic mass is 9.92. The highest BCUT2D eigenvalue weighted by atomic mass is 16.3. The first-order chi connectivity index (χ1) is 5.04. The molecule has 2 unspecified atom stereocenters. The fourth-order valence-corrected chi connectivity index (χ4v) is 1.07. The maximum atomic E-state index is 9.00. The van der Waals surface area contributed by atoms with Gasteiger partial charge in [0.1, 0.15) is 0 Å². The summed E-state index contributed by atoms with van der Waals surface area (Å²) in [6, 6.07) is 0. The second kappa shape index (κ2) is 5.59. The number of rotatable bonds is 5. The van der Waals surface area contributed by atoms with Crippen LogP contribution in [-0.2, 0) is 0 Å². The molecule has 0 aromatic rings. The summed E-state index contributed by atoms with van der Waals surface area (Å²) in [4.78, 5) is 0. The lowest BCUT2D eigenvalue weighted by Crippen LogP contribution is -2.06. The van der Waals surface area contributed by atoms with Crippen molar-refractivity contribution in [1.82, 2.24) is 0 Å². The van der Waals surface area contributed by atoms with Crippen molar-refractivity contribution in [2.24, 2.45) is 11.8 Å². The highest BCUT2D eigenvalue weighted by Gasteiger charge is 2.06. The molecule has 0 bridgehead atoms. The van der Waals surface area contributed by atoms with E-state index in [1.54, 1.807) is 0 Å². The average molecular weight is 158 g/mol. The van der Waals surface area contributed by atoms with E-state index in [4.69, 9.17) is 5.11 Å². The molecule has 0 aliphatic heterocycles. The van der Waals surface area contributed by atoms with Gasteiger partial charge in [-0.1, -0.05) is 33.6 Å². The third kappa shape index (κ3) is 6.36. The van der Waals surface area contributed by atoms with Crippen molar-refractivity contribution in [2.45, 2.75) is 53.1 Å². The molecule has 0 rings (SSSR count). The van der Waals surface area contributed by atoms with Crippen LogP contribution < -0.4 is 0 Å². The molecule has 0 saturated heterocycles. The molecule has 0 aromatic heterocycles. The smallest absolute Gasteiger partial charge is 0.0512 e. The van der Waals surface area contributed by atoms with Crippen molar-refractivity contribution in [1.29, 1.82) is 0 Å². The fraction of sp³-hybridized carbons (Fsp3) is 1.00. The molecule has 0 heterocycles. The lowest BCUT2D eigenvalue weighted by molar-refractivity contribution is 0.176. The normalized spacial score (nSPS) is 16.9. The number of aliphatic hydroxyl groups excluding tert-OH is 1. The minimum atomic E-state index is -0.116. The van der Waals surface area contributed by atoms with Crippen LogP contribution in [-0.4, -0.2) is 11.2 Å². The van der Waals surface area contributed by atoms with Crippen molar-refractivity contribution in [3.63, 3.8) is 0 Å². The van der Waals surface area contributed by atoms with E-state index >= 15 is 0 Å². The monoisotopic (exact) mass is 158 g/mol. The minimum Gasteiger partial charge on any atom is -0.393 e. The van der Waals surface area contributed by atoms with Crippen LogP contribution in [0.3, 0.4) is 0 Å². The maximum Gasteiger partial charge on any atom is 0.0512 e. The summed E-state index contributed by atoms with van der Waals surface area (Å²) < 4.78 is 0. The molecule has 0 saturated carbocycles. The van der Waals surface area contributed by atoms with Crippen LogP contribution in [0.4, 0.5) is 0 Å². The van der Waals surface area contributed by atoms with Gasteiger partial charge in [0, 0.05) is 0 Å². The fourth-order valence-electron chi connectivity index (χ4n) is 1.07. The van der Waals surface area contributed by atoms with E-state index in [9.17, 15) is 0 Å². The second-order valence-electron chi connectivity index (χ2n) is 4.00. The highest BCUT2D eigenvalue weighted by molar-refractivity contribution is 4.58. The van der Waals surface area contributed by atoms with Crippen molar-refractivity contribution in [3.8, 4) is 0 Å². The molecular formula is C10H22O. The number of aliphatic hydroxyl groups is 1. The molecule has 0 radical (unpaired) electrons. The molecule has 68 valence electrons. The highest BCUT2D eigenvalue weighted by Crippen LogP contribution is 2.17. The summed E-state index contributed by atoms with van der Waals surface area (Å²) in [7, 11) is 0. The Labute approximate surface area is 70.8 Å². The van der Waals surface area contributed by atoms with Crippen molar-refractivity contribution >= 4 is 0 Å². The molecular weight excluding hydrogens is 136 g/mol. The summed E-state index contributed by atoms with van der Waals surface area (Å²) in [6.07, 6.45) is 3.26. The van der Waals surface area contributed by atoms with Gasteiger partial charge in [0.2, 0.25) is 0 Å². The average Bonchev–Trinajstić information content (AvgIpc) is 1.86. The van der Waals surface area contributed by atoms with E-state index < -0.39 is 0 Å². The number of hydrogen-bond acceptors (Lipinski definition) is 1. The van der Waals surface area contributed by atoms with Crippen LogP contribution in [0.25, 0.3) is 0 Å². The summed E-state index contributed by atoms with van der Waals surface area (Å²) >= 11 is 0. The van der Waals surface area contributed by atoms with Crippen LogP contribution in [0.1, 0.15) is 47.0 Å². The van der Waals surface area contributed by atoms with Gasteiger partial charge in [0.25, 0.3) is 0 Å². The van der Waals surface area contributed by atoms with E-state index in [1.165, 1.54) is 6.42 Å². The first-order valence-corrected chi connectivity index (χ1v) is 4.72. The van der Waals surface area contributed by atoms with Gasteiger partial charge < -0.3 is 5.11 Å². The van der Waals surface area contributed by atoms with E-state index in [2.05, 4.69) is 20.8 Å². The molecule has 0 spiro atoms. The van der Waals surface area contributed by atoms with Gasteiger partial charge in [-0.25, -0.2) is 0 Å². The Kier molecular flexibility index (Phi) is 5.57. The van der Waals surface area contributed by atoms with Crippen molar-refractivity contribution in [2.75, 3.05) is 0 Å². The Morgan fingerprint density at radius 1 is 1.00 bits per heavy atom. The van der Waals surface area contributed by atoms with E-state index in [-0.39, 0.29) is 6.10 Å². The van der Waals surface area contributed by atoms with Gasteiger partial charge in [-0.3, -0.25) is 0 Å². The summed E-state index contributed by atoms with van der Waals surface area (Å²) in [5.74, 6) is 1.58. The zero-order valence-electron chi connectivity index (χ0n) is 8.30. The largest absolute Gasteiger partial charge is 0.393 e. The molecule has 0 fully saturated rings. The van der Waals surface area contributed by atoms with Gasteiger partial charge in [0.05, 0.1) is 6.10 Å². The van der Waals surface area contributed by atoms with Gasteiger partial charge in [-0.05, 0) is 25.2 Å². The van der Waals surface area contributed by atoms with E-state index in [0.29, 0.717) is 0 Å². The van der Waals surface area contributed by atoms with Crippen molar-refractivity contribution in [3.05, 3.63) is 0 Å². The van der Waals surface area contributed by atoms with Gasteiger partial charge in [0.15, 0.2) is 0 Å². The molecule has 1 nitrogen and oxygen atoms in total.